The molecule has 102 valence electrons. The van der Waals surface area contributed by atoms with Crippen molar-refractivity contribution in [1.82, 2.24) is 9.88 Å². The quantitative estimate of drug-likeness (QED) is 0.885. The maximum absolute atomic E-state index is 11.8. The van der Waals surface area contributed by atoms with E-state index in [1.807, 2.05) is 4.72 Å². The molecule has 0 fully saturated rings. The van der Waals surface area contributed by atoms with Crippen molar-refractivity contribution in [3.8, 4) is 5.75 Å². The Morgan fingerprint density at radius 2 is 2.32 bits per heavy atom. The Morgan fingerprint density at radius 3 is 2.95 bits per heavy atom. The molecule has 0 aliphatic rings. The van der Waals surface area contributed by atoms with E-state index in [-0.39, 0.29) is 10.6 Å². The molecule has 0 spiro atoms. The Hall–Kier alpha value is -1.87. The first-order chi connectivity index (χ1) is 9.02. The molecule has 0 aliphatic heterocycles. The topological polar surface area (TPSA) is 98.5 Å². The number of carbonyl (C=O) groups is 1. The number of methoxy groups -OCH3 is 1. The van der Waals surface area contributed by atoms with Gasteiger partial charge in [-0.25, -0.2) is 13.1 Å². The summed E-state index contributed by atoms with van der Waals surface area (Å²) in [7, 11) is -2.42. The third kappa shape index (κ3) is 3.32. The van der Waals surface area contributed by atoms with Gasteiger partial charge in [0.25, 0.3) is 5.91 Å². The van der Waals surface area contributed by atoms with E-state index in [4.69, 9.17) is 4.74 Å². The molecule has 0 aliphatic carbocycles. The molecule has 0 unspecified atom stereocenters. The number of hydrogen-bond donors (Lipinski definition) is 1. The Balaban J connectivity index is 2.10. The van der Waals surface area contributed by atoms with Crippen LogP contribution in [0, 0.1) is 0 Å². The van der Waals surface area contributed by atoms with Crippen molar-refractivity contribution in [2.24, 2.45) is 0 Å². The summed E-state index contributed by atoms with van der Waals surface area (Å²) in [5.41, 5.74) is 0.221. The van der Waals surface area contributed by atoms with Crippen molar-refractivity contribution >= 4 is 27.3 Å². The lowest BCUT2D eigenvalue weighted by molar-refractivity contribution is 0.0982. The summed E-state index contributed by atoms with van der Waals surface area (Å²) < 4.78 is 34.9. The molecule has 1 amide bonds. The number of sulfonamides is 1. The van der Waals surface area contributed by atoms with Crippen molar-refractivity contribution in [2.75, 3.05) is 7.11 Å². The van der Waals surface area contributed by atoms with Crippen LogP contribution in [0.5, 0.6) is 5.75 Å². The fraction of sp³-hybridized carbons (Fsp3) is 0.200. The van der Waals surface area contributed by atoms with Gasteiger partial charge in [0, 0.05) is 6.07 Å². The van der Waals surface area contributed by atoms with E-state index < -0.39 is 21.7 Å². The third-order valence-corrected chi connectivity index (χ3v) is 4.20. The molecule has 9 heteroatoms. The van der Waals surface area contributed by atoms with Gasteiger partial charge in [-0.05, 0) is 11.4 Å². The minimum atomic E-state index is -3.83. The lowest BCUT2D eigenvalue weighted by Gasteiger charge is -2.05. The molecule has 19 heavy (non-hydrogen) atoms. The summed E-state index contributed by atoms with van der Waals surface area (Å²) >= 11 is 1.10. The predicted molar refractivity (Wildman–Crippen MR) is 67.5 cm³/mol. The van der Waals surface area contributed by atoms with Gasteiger partial charge in [0.15, 0.2) is 0 Å². The lowest BCUT2D eigenvalue weighted by atomic mass is 10.4. The highest BCUT2D eigenvalue weighted by atomic mass is 32.2. The Labute approximate surface area is 113 Å². The number of hydrogen-bond acceptors (Lipinski definition) is 7. The first-order valence-corrected chi connectivity index (χ1v) is 7.60. The highest BCUT2D eigenvalue weighted by Gasteiger charge is 2.21. The molecular formula is C10H10N2O5S2. The zero-order chi connectivity index (χ0) is 13.9. The number of nitrogens with one attached hydrogen (secondary N) is 1. The molecule has 0 saturated carbocycles. The van der Waals surface area contributed by atoms with Gasteiger partial charge in [-0.3, -0.25) is 4.79 Å². The van der Waals surface area contributed by atoms with Gasteiger partial charge in [-0.2, -0.15) is 0 Å². The van der Waals surface area contributed by atoms with Crippen LogP contribution < -0.4 is 9.46 Å². The van der Waals surface area contributed by atoms with Gasteiger partial charge < -0.3 is 9.26 Å². The van der Waals surface area contributed by atoms with Gasteiger partial charge in [0.1, 0.15) is 28.3 Å². The van der Waals surface area contributed by atoms with Gasteiger partial charge in [0.2, 0.25) is 10.0 Å². The molecule has 2 rings (SSSR count). The summed E-state index contributed by atoms with van der Waals surface area (Å²) in [5, 5.41) is 5.11. The van der Waals surface area contributed by atoms with Crippen molar-refractivity contribution in [3.63, 3.8) is 0 Å². The molecule has 7 nitrogen and oxygen atoms in total. The fourth-order valence-corrected chi connectivity index (χ4v) is 3.17. The van der Waals surface area contributed by atoms with E-state index in [0.717, 1.165) is 11.3 Å². The molecule has 2 heterocycles. The number of aromatic nitrogens is 1. The summed E-state index contributed by atoms with van der Waals surface area (Å²) in [6, 6.07) is 3.00. The zero-order valence-electron chi connectivity index (χ0n) is 9.82. The summed E-state index contributed by atoms with van der Waals surface area (Å²) in [6.07, 6.45) is 1.26. The molecule has 0 radical (unpaired) electrons. The van der Waals surface area contributed by atoms with Crippen LogP contribution >= 0.6 is 11.3 Å². The molecule has 0 atom stereocenters. The minimum absolute atomic E-state index is 0.200. The second kappa shape index (κ2) is 5.41. The van der Waals surface area contributed by atoms with E-state index in [2.05, 4.69) is 9.68 Å². The standard InChI is InChI=1S/C10H10N2O5S2/c1-16-8-3-5-18-9(8)10(13)12-19(14,15)6-7-2-4-17-11-7/h2-5H,6H2,1H3,(H,12,13). The van der Waals surface area contributed by atoms with Crippen molar-refractivity contribution < 1.29 is 22.5 Å². The highest BCUT2D eigenvalue weighted by Crippen LogP contribution is 2.24. The number of rotatable bonds is 5. The molecule has 0 aromatic carbocycles. The normalized spacial score (nSPS) is 11.2. The molecule has 0 bridgehead atoms. The second-order valence-corrected chi connectivity index (χ2v) is 6.14. The molecular weight excluding hydrogens is 292 g/mol. The average Bonchev–Trinajstić information content (AvgIpc) is 2.96. The van der Waals surface area contributed by atoms with Crippen LogP contribution in [-0.4, -0.2) is 26.6 Å². The number of ether oxygens (including phenoxy) is 1. The van der Waals surface area contributed by atoms with Crippen LogP contribution in [-0.2, 0) is 15.8 Å². The molecule has 2 aromatic heterocycles. The van der Waals surface area contributed by atoms with Crippen LogP contribution in [0.1, 0.15) is 15.4 Å². The lowest BCUT2D eigenvalue weighted by Crippen LogP contribution is -2.31. The number of thiophene rings is 1. The van der Waals surface area contributed by atoms with E-state index >= 15 is 0 Å². The van der Waals surface area contributed by atoms with Crippen LogP contribution in [0.2, 0.25) is 0 Å². The van der Waals surface area contributed by atoms with E-state index in [0.29, 0.717) is 5.75 Å². The SMILES string of the molecule is COc1ccsc1C(=O)NS(=O)(=O)Cc1ccon1. The Morgan fingerprint density at radius 1 is 1.53 bits per heavy atom. The second-order valence-electron chi connectivity index (χ2n) is 3.50. The Kier molecular flexibility index (Phi) is 3.86. The summed E-state index contributed by atoms with van der Waals surface area (Å²) in [4.78, 5) is 12.0. The third-order valence-electron chi connectivity index (χ3n) is 2.13. The smallest absolute Gasteiger partial charge is 0.278 e. The van der Waals surface area contributed by atoms with Gasteiger partial charge in [0.05, 0.1) is 7.11 Å². The van der Waals surface area contributed by atoms with E-state index in [1.54, 1.807) is 11.4 Å². The number of amides is 1. The maximum Gasteiger partial charge on any atom is 0.278 e. The zero-order valence-corrected chi connectivity index (χ0v) is 11.5. The maximum atomic E-state index is 11.8. The van der Waals surface area contributed by atoms with Gasteiger partial charge in [-0.1, -0.05) is 5.16 Å². The van der Waals surface area contributed by atoms with Gasteiger partial charge >= 0.3 is 0 Å². The van der Waals surface area contributed by atoms with Crippen LogP contribution in [0.15, 0.2) is 28.3 Å². The fourth-order valence-electron chi connectivity index (χ4n) is 1.35. The molecule has 1 N–H and O–H groups in total. The van der Waals surface area contributed by atoms with Crippen molar-refractivity contribution in [3.05, 3.63) is 34.3 Å². The first kappa shape index (κ1) is 13.6. The van der Waals surface area contributed by atoms with Crippen LogP contribution in [0.25, 0.3) is 0 Å². The van der Waals surface area contributed by atoms with Crippen molar-refractivity contribution in [1.29, 1.82) is 0 Å². The van der Waals surface area contributed by atoms with E-state index in [1.165, 1.54) is 19.4 Å². The monoisotopic (exact) mass is 302 g/mol. The molecule has 2 aromatic rings. The van der Waals surface area contributed by atoms with Gasteiger partial charge in [-0.15, -0.1) is 11.3 Å². The number of carbonyl (C=O) groups excluding carboxylic acids is 1. The average molecular weight is 302 g/mol. The summed E-state index contributed by atoms with van der Waals surface area (Å²) in [5.74, 6) is -0.822. The van der Waals surface area contributed by atoms with Crippen molar-refractivity contribution in [2.45, 2.75) is 5.75 Å². The van der Waals surface area contributed by atoms with Crippen LogP contribution in [0.3, 0.4) is 0 Å². The largest absolute Gasteiger partial charge is 0.495 e. The molecule has 0 saturated heterocycles. The Bertz CT molecular complexity index is 660. The highest BCUT2D eigenvalue weighted by molar-refractivity contribution is 7.89. The summed E-state index contributed by atoms with van der Waals surface area (Å²) in [6.45, 7) is 0. The minimum Gasteiger partial charge on any atom is -0.495 e. The van der Waals surface area contributed by atoms with Crippen LogP contribution in [0.4, 0.5) is 0 Å². The first-order valence-electron chi connectivity index (χ1n) is 5.07. The van der Waals surface area contributed by atoms with E-state index in [9.17, 15) is 13.2 Å². The number of nitrogens with zero attached hydrogens (tertiary/aromatic N) is 1. The predicted octanol–water partition coefficient (Wildman–Crippen LogP) is 1.00.